The van der Waals surface area contributed by atoms with Crippen LogP contribution in [0.1, 0.15) is 21.3 Å². The minimum Gasteiger partial charge on any atom is -0.391 e. The number of hydrogen-bond acceptors (Lipinski definition) is 3. The Morgan fingerprint density at radius 1 is 1.08 bits per heavy atom. The second-order valence-corrected chi connectivity index (χ2v) is 2.70. The van der Waals surface area contributed by atoms with Crippen LogP contribution in [0.2, 0.25) is 0 Å². The van der Waals surface area contributed by atoms with Crippen molar-refractivity contribution in [1.29, 1.82) is 0 Å². The summed E-state index contributed by atoms with van der Waals surface area (Å²) in [5, 5.41) is 0. The molecule has 4 N–H and O–H groups in total. The van der Waals surface area contributed by atoms with Crippen LogP contribution in [0.25, 0.3) is 0 Å². The number of nitrogen functional groups attached to an aromatic ring is 2. The molecule has 76 valence electrons. The van der Waals surface area contributed by atoms with Crippen molar-refractivity contribution in [2.24, 2.45) is 0 Å². The maximum absolute atomic E-state index is 11.2. The van der Waals surface area contributed by atoms with Crippen molar-refractivity contribution >= 4 is 11.5 Å². The number of nitrogens with zero attached hydrogens (tertiary/aromatic N) is 2. The van der Waals surface area contributed by atoms with Gasteiger partial charge < -0.3 is 11.5 Å². The normalized spacial score (nSPS) is 12.9. The van der Waals surface area contributed by atoms with E-state index in [-0.39, 0.29) is 26.1 Å². The predicted octanol–water partition coefficient (Wildman–Crippen LogP) is 0.490. The molecule has 0 aliphatic carbocycles. The lowest BCUT2D eigenvalue weighted by Crippen LogP contribution is -2.18. The lowest BCUT2D eigenvalue weighted by molar-refractivity contribution is 0.601. The van der Waals surface area contributed by atoms with E-state index in [1.165, 1.54) is 0 Å². The van der Waals surface area contributed by atoms with Gasteiger partial charge in [0.2, 0.25) is 0 Å². The molecule has 1 aromatic heterocycles. The molecule has 0 unspecified atom stereocenters. The van der Waals surface area contributed by atoms with Crippen molar-refractivity contribution in [3.63, 3.8) is 0 Å². The van der Waals surface area contributed by atoms with Gasteiger partial charge in [0.15, 0.2) is 0 Å². The van der Waals surface area contributed by atoms with E-state index in [4.69, 9.17) is 11.5 Å². The van der Waals surface area contributed by atoms with Crippen LogP contribution in [0.15, 0.2) is 4.79 Å². The molecule has 0 aromatic carbocycles. The van der Waals surface area contributed by atoms with Crippen LogP contribution in [-0.4, -0.2) is 9.36 Å². The van der Waals surface area contributed by atoms with Crippen LogP contribution in [0.5, 0.6) is 0 Å². The van der Waals surface area contributed by atoms with Crippen LogP contribution in [0.3, 0.4) is 0 Å². The van der Waals surface area contributed by atoms with Crippen molar-refractivity contribution in [1.82, 2.24) is 9.36 Å². The zero-order valence-corrected chi connectivity index (χ0v) is 6.08. The molecule has 0 bridgehead atoms. The number of anilines is 2. The van der Waals surface area contributed by atoms with E-state index in [1.54, 1.807) is 9.36 Å². The van der Waals surface area contributed by atoms with Crippen molar-refractivity contribution in [3.05, 3.63) is 10.4 Å². The molecule has 1 aromatic rings. The average Bonchev–Trinajstić information content (AvgIpc) is 2.53. The molecule has 0 spiro atoms. The summed E-state index contributed by atoms with van der Waals surface area (Å²) in [5.41, 5.74) is 11.0. The Morgan fingerprint density at radius 2 is 1.62 bits per heavy atom. The number of hydrogen-bond donors (Lipinski definition) is 2. The van der Waals surface area contributed by atoms with Crippen molar-refractivity contribution in [2.45, 2.75) is 34.4 Å². The van der Waals surface area contributed by atoms with Gasteiger partial charge in [-0.1, -0.05) is 14.9 Å². The van der Waals surface area contributed by atoms with Crippen LogP contribution >= 0.6 is 0 Å². The molecule has 5 nitrogen and oxygen atoms in total. The molecular formula is C8H18N4O. The van der Waals surface area contributed by atoms with Crippen LogP contribution < -0.4 is 17.0 Å². The second-order valence-electron chi connectivity index (χ2n) is 2.70. The molecule has 0 saturated carbocycles. The first-order chi connectivity index (χ1) is 5.22. The summed E-state index contributed by atoms with van der Waals surface area (Å²) in [6, 6.07) is 0. The van der Waals surface area contributed by atoms with Gasteiger partial charge in [-0.2, -0.15) is 0 Å². The van der Waals surface area contributed by atoms with E-state index in [2.05, 4.69) is 0 Å². The van der Waals surface area contributed by atoms with Gasteiger partial charge in [0.1, 0.15) is 11.5 Å². The summed E-state index contributed by atoms with van der Waals surface area (Å²) in [4.78, 5) is 11.2. The molecule has 0 saturated heterocycles. The maximum Gasteiger partial charge on any atom is 0.292 e. The van der Waals surface area contributed by atoms with Gasteiger partial charge in [0.25, 0.3) is 5.56 Å². The first-order valence-corrected chi connectivity index (χ1v) is 3.56. The summed E-state index contributed by atoms with van der Waals surface area (Å²) in [5.74, 6) is 0.410. The van der Waals surface area contributed by atoms with Gasteiger partial charge in [-0.25, -0.2) is 4.68 Å². The molecule has 5 heteroatoms. The minimum absolute atomic E-state index is 0. The Labute approximate surface area is 77.9 Å². The van der Waals surface area contributed by atoms with E-state index in [1.807, 2.05) is 0 Å². The number of nitrogens with two attached hydrogens (primary N) is 2. The van der Waals surface area contributed by atoms with Crippen LogP contribution in [-0.2, 0) is 13.1 Å². The summed E-state index contributed by atoms with van der Waals surface area (Å²) in [7, 11) is 0. The predicted molar refractivity (Wildman–Crippen MR) is 55.6 cm³/mol. The lowest BCUT2D eigenvalue weighted by Gasteiger charge is -1.98. The van der Waals surface area contributed by atoms with Crippen LogP contribution in [0.4, 0.5) is 11.5 Å². The largest absolute Gasteiger partial charge is 0.391 e. The van der Waals surface area contributed by atoms with E-state index in [0.717, 1.165) is 19.5 Å². The topological polar surface area (TPSA) is 79.0 Å². The smallest absolute Gasteiger partial charge is 0.292 e. The zero-order chi connectivity index (χ0) is 8.01. The molecule has 0 fully saturated rings. The molecule has 1 aliphatic heterocycles. The van der Waals surface area contributed by atoms with Crippen LogP contribution in [0, 0.1) is 0 Å². The lowest BCUT2D eigenvalue weighted by atomic mass is 10.4. The zero-order valence-electron chi connectivity index (χ0n) is 6.08. The Morgan fingerprint density at radius 3 is 2.15 bits per heavy atom. The summed E-state index contributed by atoms with van der Waals surface area (Å²) in [6.45, 7) is 1.54. The fourth-order valence-corrected chi connectivity index (χ4v) is 1.46. The van der Waals surface area contributed by atoms with Crippen molar-refractivity contribution < 1.29 is 0 Å². The van der Waals surface area contributed by atoms with Gasteiger partial charge in [-0.15, -0.1) is 0 Å². The van der Waals surface area contributed by atoms with Gasteiger partial charge >= 0.3 is 0 Å². The number of rotatable bonds is 0. The highest BCUT2D eigenvalue weighted by Gasteiger charge is 2.18. The van der Waals surface area contributed by atoms with E-state index in [0.29, 0.717) is 5.82 Å². The van der Waals surface area contributed by atoms with Gasteiger partial charge in [0, 0.05) is 13.1 Å². The van der Waals surface area contributed by atoms with Gasteiger partial charge in [-0.3, -0.25) is 9.48 Å². The first kappa shape index (κ1) is 11.6. The Kier molecular flexibility index (Phi) is 3.17. The third-order valence-electron chi connectivity index (χ3n) is 2.05. The van der Waals surface area contributed by atoms with E-state index in [9.17, 15) is 4.79 Å². The summed E-state index contributed by atoms with van der Waals surface area (Å²) >= 11 is 0. The fraction of sp³-hybridized carbons (Fsp3) is 0.625. The standard InChI is InChI=1S/C6H10N4O.2CH4/c7-4-5(8)9-2-1-3-10(9)6(4)11;;/h1-3,7-8H2;2*1H4. The quantitative estimate of drug-likeness (QED) is 0.619. The van der Waals surface area contributed by atoms with Gasteiger partial charge in [-0.05, 0) is 6.42 Å². The molecular weight excluding hydrogens is 168 g/mol. The maximum atomic E-state index is 11.2. The highest BCUT2D eigenvalue weighted by atomic mass is 16.1. The summed E-state index contributed by atoms with van der Waals surface area (Å²) in [6.07, 6.45) is 0.972. The average molecular weight is 186 g/mol. The fourth-order valence-electron chi connectivity index (χ4n) is 1.46. The molecule has 2 rings (SSSR count). The highest BCUT2D eigenvalue weighted by Crippen LogP contribution is 2.15. The third-order valence-corrected chi connectivity index (χ3v) is 2.05. The Bertz CT molecular complexity index is 350. The van der Waals surface area contributed by atoms with Gasteiger partial charge in [0.05, 0.1) is 0 Å². The minimum atomic E-state index is -0.153. The molecule has 0 atom stereocenters. The van der Waals surface area contributed by atoms with E-state index >= 15 is 0 Å². The summed E-state index contributed by atoms with van der Waals surface area (Å²) < 4.78 is 3.32. The molecule has 13 heavy (non-hydrogen) atoms. The molecule has 0 amide bonds. The SMILES string of the molecule is C.C.Nc1c(N)n2n(c1=O)CCC2. The number of fused-ring (bicyclic) bond motifs is 1. The molecule has 2 heterocycles. The Hall–Kier alpha value is -1.39. The molecule has 1 aliphatic rings. The van der Waals surface area contributed by atoms with E-state index < -0.39 is 0 Å². The Balaban J connectivity index is 0.000000720. The van der Waals surface area contributed by atoms with Crippen molar-refractivity contribution in [3.8, 4) is 0 Å². The second kappa shape index (κ2) is 3.55. The first-order valence-electron chi connectivity index (χ1n) is 3.56. The van der Waals surface area contributed by atoms with Crippen molar-refractivity contribution in [2.75, 3.05) is 11.5 Å². The highest BCUT2D eigenvalue weighted by molar-refractivity contribution is 5.57. The molecule has 0 radical (unpaired) electrons. The third kappa shape index (κ3) is 1.30. The monoisotopic (exact) mass is 186 g/mol. The number of aromatic nitrogens is 2.